The van der Waals surface area contributed by atoms with Gasteiger partial charge in [-0.05, 0) is 99.9 Å². The first-order chi connectivity index (χ1) is 11.3. The average molecular weight is 333 g/mol. The summed E-state index contributed by atoms with van der Waals surface area (Å²) in [6.07, 6.45) is 10.9. The highest BCUT2D eigenvalue weighted by atomic mass is 16.3. The van der Waals surface area contributed by atoms with Gasteiger partial charge in [0.2, 0.25) is 0 Å². The van der Waals surface area contributed by atoms with E-state index in [4.69, 9.17) is 0 Å². The molecular formula is C22H36O2. The quantitative estimate of drug-likeness (QED) is 0.721. The van der Waals surface area contributed by atoms with E-state index < -0.39 is 0 Å². The second-order valence-electron chi connectivity index (χ2n) is 9.41. The SMILES string of the molecule is C/C1=C\C(=O)CCC(C)C2CC[C@]3(C)C(C(C)O)CCC3C2CC1. The van der Waals surface area contributed by atoms with Crippen LogP contribution in [0.5, 0.6) is 0 Å². The Morgan fingerprint density at radius 3 is 2.58 bits per heavy atom. The van der Waals surface area contributed by atoms with Crippen molar-refractivity contribution in [1.82, 2.24) is 0 Å². The average Bonchev–Trinajstić information content (AvgIpc) is 2.87. The monoisotopic (exact) mass is 332 g/mol. The largest absolute Gasteiger partial charge is 0.393 e. The van der Waals surface area contributed by atoms with Crippen LogP contribution in [0.25, 0.3) is 0 Å². The van der Waals surface area contributed by atoms with Crippen molar-refractivity contribution in [3.63, 3.8) is 0 Å². The number of ketones is 1. The molecule has 3 aliphatic carbocycles. The van der Waals surface area contributed by atoms with Crippen molar-refractivity contribution in [3.05, 3.63) is 11.6 Å². The van der Waals surface area contributed by atoms with Crippen LogP contribution in [0.2, 0.25) is 0 Å². The fourth-order valence-electron chi connectivity index (χ4n) is 6.67. The van der Waals surface area contributed by atoms with E-state index in [-0.39, 0.29) is 6.10 Å². The number of carbonyl (C=O) groups is 1. The molecule has 2 heteroatoms. The van der Waals surface area contributed by atoms with Crippen molar-refractivity contribution in [3.8, 4) is 0 Å². The molecule has 0 aromatic carbocycles. The Hall–Kier alpha value is -0.630. The zero-order valence-corrected chi connectivity index (χ0v) is 16.1. The van der Waals surface area contributed by atoms with E-state index in [9.17, 15) is 9.90 Å². The van der Waals surface area contributed by atoms with Crippen molar-refractivity contribution in [2.45, 2.75) is 85.2 Å². The molecule has 24 heavy (non-hydrogen) atoms. The van der Waals surface area contributed by atoms with Gasteiger partial charge in [0.15, 0.2) is 5.78 Å². The highest BCUT2D eigenvalue weighted by Gasteiger charge is 2.55. The molecule has 0 heterocycles. The standard InChI is InChI=1S/C22H36O2/c1-14-5-8-19-18(15(2)6-7-17(24)13-14)11-12-22(4)20(16(3)23)9-10-21(19)22/h13,15-16,18-21,23H,5-12H2,1-4H3/b14-13+/t15?,16?,18?,19?,20?,21?,22-/m1/s1. The smallest absolute Gasteiger partial charge is 0.155 e. The zero-order chi connectivity index (χ0) is 17.5. The minimum absolute atomic E-state index is 0.173. The van der Waals surface area contributed by atoms with E-state index in [1.807, 2.05) is 13.0 Å². The van der Waals surface area contributed by atoms with Crippen LogP contribution in [-0.2, 0) is 4.79 Å². The molecule has 0 spiro atoms. The summed E-state index contributed by atoms with van der Waals surface area (Å²) in [7, 11) is 0. The molecule has 0 aliphatic heterocycles. The first-order valence-corrected chi connectivity index (χ1v) is 10.2. The minimum Gasteiger partial charge on any atom is -0.393 e. The van der Waals surface area contributed by atoms with Crippen LogP contribution in [0.1, 0.15) is 79.1 Å². The highest BCUT2D eigenvalue weighted by molar-refractivity contribution is 5.90. The Morgan fingerprint density at radius 2 is 1.88 bits per heavy atom. The Labute approximate surface area is 148 Å². The van der Waals surface area contributed by atoms with E-state index in [0.717, 1.165) is 37.0 Å². The topological polar surface area (TPSA) is 37.3 Å². The Morgan fingerprint density at radius 1 is 1.12 bits per heavy atom. The van der Waals surface area contributed by atoms with E-state index in [1.165, 1.54) is 37.7 Å². The maximum atomic E-state index is 12.1. The molecule has 2 nitrogen and oxygen atoms in total. The Kier molecular flexibility index (Phi) is 5.25. The van der Waals surface area contributed by atoms with Crippen LogP contribution in [0.15, 0.2) is 11.6 Å². The van der Waals surface area contributed by atoms with Crippen LogP contribution in [0, 0.1) is 35.0 Å². The summed E-state index contributed by atoms with van der Waals surface area (Å²) in [5, 5.41) is 10.3. The third kappa shape index (κ3) is 3.23. The number of hydrogen-bond acceptors (Lipinski definition) is 2. The van der Waals surface area contributed by atoms with Gasteiger partial charge in [-0.15, -0.1) is 0 Å². The summed E-state index contributed by atoms with van der Waals surface area (Å²) in [6.45, 7) is 8.98. The molecule has 0 aromatic rings. The van der Waals surface area contributed by atoms with E-state index in [0.29, 0.717) is 23.0 Å². The van der Waals surface area contributed by atoms with Crippen LogP contribution in [-0.4, -0.2) is 17.0 Å². The first kappa shape index (κ1) is 18.2. The van der Waals surface area contributed by atoms with Crippen molar-refractivity contribution in [1.29, 1.82) is 0 Å². The molecule has 0 amide bonds. The van der Waals surface area contributed by atoms with Crippen LogP contribution in [0.4, 0.5) is 0 Å². The summed E-state index contributed by atoms with van der Waals surface area (Å²) in [4.78, 5) is 12.1. The van der Waals surface area contributed by atoms with E-state index >= 15 is 0 Å². The molecule has 0 aromatic heterocycles. The van der Waals surface area contributed by atoms with Crippen molar-refractivity contribution in [2.24, 2.45) is 35.0 Å². The van der Waals surface area contributed by atoms with Gasteiger partial charge in [0.1, 0.15) is 0 Å². The number of rotatable bonds is 1. The summed E-state index contributed by atoms with van der Waals surface area (Å²) >= 11 is 0. The van der Waals surface area contributed by atoms with Gasteiger partial charge in [0.25, 0.3) is 0 Å². The number of aliphatic hydroxyl groups excluding tert-OH is 1. The number of carbonyl (C=O) groups excluding carboxylic acids is 1. The second-order valence-corrected chi connectivity index (χ2v) is 9.41. The molecule has 0 bridgehead atoms. The van der Waals surface area contributed by atoms with Crippen LogP contribution >= 0.6 is 0 Å². The molecular weight excluding hydrogens is 296 g/mol. The van der Waals surface area contributed by atoms with Gasteiger partial charge in [-0.25, -0.2) is 0 Å². The fourth-order valence-corrected chi connectivity index (χ4v) is 6.67. The predicted molar refractivity (Wildman–Crippen MR) is 98.6 cm³/mol. The Balaban J connectivity index is 1.87. The second kappa shape index (κ2) is 6.94. The van der Waals surface area contributed by atoms with Crippen molar-refractivity contribution in [2.75, 3.05) is 0 Å². The summed E-state index contributed by atoms with van der Waals surface area (Å²) in [6, 6.07) is 0. The van der Waals surface area contributed by atoms with Gasteiger partial charge in [-0.2, -0.15) is 0 Å². The third-order valence-corrected chi connectivity index (χ3v) is 8.00. The zero-order valence-electron chi connectivity index (χ0n) is 16.1. The van der Waals surface area contributed by atoms with E-state index in [1.54, 1.807) is 0 Å². The maximum absolute atomic E-state index is 12.1. The Bertz CT molecular complexity index is 506. The first-order valence-electron chi connectivity index (χ1n) is 10.2. The number of fused-ring (bicyclic) bond motifs is 3. The third-order valence-electron chi connectivity index (χ3n) is 8.00. The van der Waals surface area contributed by atoms with Gasteiger partial charge < -0.3 is 5.11 Å². The highest BCUT2D eigenvalue weighted by Crippen LogP contribution is 2.62. The lowest BCUT2D eigenvalue weighted by molar-refractivity contribution is -0.115. The lowest BCUT2D eigenvalue weighted by Crippen LogP contribution is -2.45. The molecule has 0 saturated heterocycles. The number of allylic oxidation sites excluding steroid dienone is 2. The number of hydrogen-bond donors (Lipinski definition) is 1. The van der Waals surface area contributed by atoms with Gasteiger partial charge in [-0.3, -0.25) is 4.79 Å². The van der Waals surface area contributed by atoms with E-state index in [2.05, 4.69) is 20.8 Å². The van der Waals surface area contributed by atoms with Gasteiger partial charge >= 0.3 is 0 Å². The lowest BCUT2D eigenvalue weighted by atomic mass is 9.54. The molecule has 0 radical (unpaired) electrons. The molecule has 2 fully saturated rings. The lowest BCUT2D eigenvalue weighted by Gasteiger charge is -2.51. The van der Waals surface area contributed by atoms with Crippen molar-refractivity contribution < 1.29 is 9.90 Å². The molecule has 3 rings (SSSR count). The van der Waals surface area contributed by atoms with Crippen molar-refractivity contribution >= 4 is 5.78 Å². The molecule has 136 valence electrons. The normalized spacial score (nSPS) is 47.3. The summed E-state index contributed by atoms with van der Waals surface area (Å²) < 4.78 is 0. The van der Waals surface area contributed by atoms with Gasteiger partial charge in [0, 0.05) is 6.42 Å². The summed E-state index contributed by atoms with van der Waals surface area (Å²) in [5.74, 6) is 3.77. The van der Waals surface area contributed by atoms with Crippen LogP contribution in [0.3, 0.4) is 0 Å². The molecule has 2 saturated carbocycles. The fraction of sp³-hybridized carbons (Fsp3) is 0.864. The molecule has 1 N–H and O–H groups in total. The van der Waals surface area contributed by atoms with Crippen LogP contribution < -0.4 is 0 Å². The molecule has 6 unspecified atom stereocenters. The van der Waals surface area contributed by atoms with Gasteiger partial charge in [-0.1, -0.05) is 19.4 Å². The van der Waals surface area contributed by atoms with Gasteiger partial charge in [0.05, 0.1) is 6.10 Å². The minimum atomic E-state index is -0.173. The molecule has 7 atom stereocenters. The molecule has 3 aliphatic rings. The maximum Gasteiger partial charge on any atom is 0.155 e. The predicted octanol–water partition coefficient (Wildman–Crippen LogP) is 5.15. The summed E-state index contributed by atoms with van der Waals surface area (Å²) in [5.41, 5.74) is 1.60. The number of aliphatic hydroxyl groups is 1.